The zero-order valence-corrected chi connectivity index (χ0v) is 14.1. The number of aliphatic hydroxyl groups excluding tert-OH is 1. The quantitative estimate of drug-likeness (QED) is 0.723. The van der Waals surface area contributed by atoms with E-state index in [2.05, 4.69) is 20.7 Å². The van der Waals surface area contributed by atoms with E-state index in [9.17, 15) is 9.90 Å². The molecule has 1 aromatic carbocycles. The Labute approximate surface area is 149 Å². The Morgan fingerprint density at radius 2 is 2.04 bits per heavy atom. The molecule has 1 fully saturated rings. The van der Waals surface area contributed by atoms with Crippen LogP contribution < -0.4 is 5.32 Å². The first-order chi connectivity index (χ1) is 12.6. The van der Waals surface area contributed by atoms with E-state index in [-0.39, 0.29) is 29.5 Å². The van der Waals surface area contributed by atoms with Gasteiger partial charge in [-0.25, -0.2) is 0 Å². The van der Waals surface area contributed by atoms with E-state index in [1.807, 2.05) is 30.3 Å². The van der Waals surface area contributed by atoms with E-state index in [1.165, 1.54) is 0 Å². The van der Waals surface area contributed by atoms with Gasteiger partial charge in [-0.05, 0) is 19.8 Å². The molecule has 0 saturated heterocycles. The summed E-state index contributed by atoms with van der Waals surface area (Å²) in [5.74, 6) is 0.690. The molecule has 0 bridgehead atoms. The first-order valence-corrected chi connectivity index (χ1v) is 8.44. The minimum Gasteiger partial charge on any atom is -0.422 e. The van der Waals surface area contributed by atoms with Gasteiger partial charge in [-0.15, -0.1) is 10.2 Å². The van der Waals surface area contributed by atoms with E-state index < -0.39 is 6.10 Å². The first-order valence-electron chi connectivity index (χ1n) is 8.44. The molecule has 1 atom stereocenters. The van der Waals surface area contributed by atoms with Gasteiger partial charge < -0.3 is 19.4 Å². The number of benzene rings is 1. The van der Waals surface area contributed by atoms with Gasteiger partial charge in [-0.3, -0.25) is 4.79 Å². The molecule has 2 aromatic heterocycles. The summed E-state index contributed by atoms with van der Waals surface area (Å²) in [7, 11) is 0. The van der Waals surface area contributed by atoms with E-state index >= 15 is 0 Å². The van der Waals surface area contributed by atoms with Gasteiger partial charge in [-0.1, -0.05) is 35.5 Å². The number of hydrogen-bond donors (Lipinski definition) is 2. The van der Waals surface area contributed by atoms with Gasteiger partial charge in [0.15, 0.2) is 0 Å². The van der Waals surface area contributed by atoms with Crippen molar-refractivity contribution in [1.29, 1.82) is 0 Å². The van der Waals surface area contributed by atoms with Gasteiger partial charge in [0.2, 0.25) is 17.5 Å². The molecule has 1 aliphatic carbocycles. The van der Waals surface area contributed by atoms with Crippen LogP contribution in [0.5, 0.6) is 0 Å². The van der Waals surface area contributed by atoms with Crippen molar-refractivity contribution in [3.8, 4) is 11.3 Å². The Balaban J connectivity index is 1.33. The third-order valence-corrected chi connectivity index (χ3v) is 4.44. The van der Waals surface area contributed by atoms with Gasteiger partial charge in [0.05, 0.1) is 0 Å². The molecule has 1 amide bonds. The fourth-order valence-corrected chi connectivity index (χ4v) is 2.90. The smallest absolute Gasteiger partial charge is 0.290 e. The van der Waals surface area contributed by atoms with Crippen molar-refractivity contribution in [3.05, 3.63) is 53.9 Å². The molecule has 0 spiro atoms. The maximum atomic E-state index is 12.3. The molecular weight excluding hydrogens is 336 g/mol. The number of carbonyl (C=O) groups excluding carboxylic acids is 1. The van der Waals surface area contributed by atoms with Crippen molar-refractivity contribution >= 4 is 5.91 Å². The van der Waals surface area contributed by atoms with Crippen LogP contribution in [0.15, 0.2) is 45.3 Å². The topological polar surface area (TPSA) is 114 Å². The lowest BCUT2D eigenvalue weighted by molar-refractivity contribution is 0.0864. The highest BCUT2D eigenvalue weighted by Gasteiger charge is 2.36. The van der Waals surface area contributed by atoms with Crippen LogP contribution in [0, 0.1) is 0 Å². The number of nitrogens with zero attached hydrogens (tertiary/aromatic N) is 3. The van der Waals surface area contributed by atoms with Crippen molar-refractivity contribution in [2.45, 2.75) is 37.8 Å². The monoisotopic (exact) mass is 354 g/mol. The largest absolute Gasteiger partial charge is 0.422 e. The average molecular weight is 354 g/mol. The van der Waals surface area contributed by atoms with Crippen LogP contribution in [0.2, 0.25) is 0 Å². The summed E-state index contributed by atoms with van der Waals surface area (Å²) in [6, 6.07) is 11.2. The predicted octanol–water partition coefficient (Wildman–Crippen LogP) is 2.45. The molecule has 1 unspecified atom stereocenters. The normalized spacial score (nSPS) is 20.4. The average Bonchev–Trinajstić information content (AvgIpc) is 3.28. The van der Waals surface area contributed by atoms with Crippen molar-refractivity contribution in [1.82, 2.24) is 20.7 Å². The van der Waals surface area contributed by atoms with Gasteiger partial charge >= 0.3 is 0 Å². The second-order valence-corrected chi connectivity index (χ2v) is 6.44. The highest BCUT2D eigenvalue weighted by Crippen LogP contribution is 2.36. The third-order valence-electron chi connectivity index (χ3n) is 4.44. The second kappa shape index (κ2) is 6.72. The zero-order chi connectivity index (χ0) is 18.1. The summed E-state index contributed by atoms with van der Waals surface area (Å²) in [5, 5.41) is 24.0. The van der Waals surface area contributed by atoms with E-state index in [4.69, 9.17) is 8.94 Å². The number of amides is 1. The van der Waals surface area contributed by atoms with Gasteiger partial charge in [0.1, 0.15) is 11.8 Å². The number of hydrogen-bond acceptors (Lipinski definition) is 7. The van der Waals surface area contributed by atoms with Crippen molar-refractivity contribution in [2.24, 2.45) is 0 Å². The van der Waals surface area contributed by atoms with Crippen LogP contribution in [-0.2, 0) is 0 Å². The molecule has 2 heterocycles. The molecular formula is C18H18N4O4. The third kappa shape index (κ3) is 3.23. The molecule has 8 nitrogen and oxygen atoms in total. The van der Waals surface area contributed by atoms with Gasteiger partial charge in [0, 0.05) is 23.6 Å². The summed E-state index contributed by atoms with van der Waals surface area (Å²) < 4.78 is 10.6. The SMILES string of the molecule is CC(O)c1nnc(C2CC(NC(=O)c3cc(-c4ccccc4)no3)C2)o1. The Morgan fingerprint density at radius 1 is 1.27 bits per heavy atom. The highest BCUT2D eigenvalue weighted by atomic mass is 16.5. The number of nitrogens with one attached hydrogen (secondary N) is 1. The van der Waals surface area contributed by atoms with Crippen LogP contribution in [-0.4, -0.2) is 32.4 Å². The summed E-state index contributed by atoms with van der Waals surface area (Å²) in [6.07, 6.45) is 0.622. The number of aliphatic hydroxyl groups is 1. The van der Waals surface area contributed by atoms with Crippen LogP contribution in [0.1, 0.15) is 54.1 Å². The standard InChI is InChI=1S/C18H18N4O4/c1-10(23)17-20-21-18(25-17)12-7-13(8-12)19-16(24)15-9-14(22-26-15)11-5-3-2-4-6-11/h2-6,9-10,12-13,23H,7-8H2,1H3,(H,19,24). The molecule has 4 rings (SSSR count). The van der Waals surface area contributed by atoms with Crippen LogP contribution >= 0.6 is 0 Å². The van der Waals surface area contributed by atoms with E-state index in [0.717, 1.165) is 5.56 Å². The van der Waals surface area contributed by atoms with Gasteiger partial charge in [-0.2, -0.15) is 0 Å². The van der Waals surface area contributed by atoms with E-state index in [1.54, 1.807) is 13.0 Å². The maximum absolute atomic E-state index is 12.3. The fraction of sp³-hybridized carbons (Fsp3) is 0.333. The molecule has 0 aliphatic heterocycles. The molecule has 0 radical (unpaired) electrons. The Morgan fingerprint density at radius 3 is 2.73 bits per heavy atom. The molecule has 3 aromatic rings. The molecule has 2 N–H and O–H groups in total. The Kier molecular flexibility index (Phi) is 4.26. The molecule has 26 heavy (non-hydrogen) atoms. The van der Waals surface area contributed by atoms with Crippen LogP contribution in [0.3, 0.4) is 0 Å². The minimum atomic E-state index is -0.780. The number of carbonyl (C=O) groups is 1. The predicted molar refractivity (Wildman–Crippen MR) is 90.1 cm³/mol. The number of rotatable bonds is 5. The van der Waals surface area contributed by atoms with Crippen LogP contribution in [0.25, 0.3) is 11.3 Å². The lowest BCUT2D eigenvalue weighted by atomic mass is 9.80. The van der Waals surface area contributed by atoms with Gasteiger partial charge in [0.25, 0.3) is 5.91 Å². The lowest BCUT2D eigenvalue weighted by Crippen LogP contribution is -2.43. The first kappa shape index (κ1) is 16.5. The van der Waals surface area contributed by atoms with Crippen molar-refractivity contribution < 1.29 is 18.8 Å². The maximum Gasteiger partial charge on any atom is 0.290 e. The Hall–Kier alpha value is -3.00. The van der Waals surface area contributed by atoms with Crippen molar-refractivity contribution in [2.75, 3.05) is 0 Å². The fourth-order valence-electron chi connectivity index (χ4n) is 2.90. The summed E-state index contributed by atoms with van der Waals surface area (Å²) in [4.78, 5) is 12.3. The molecule has 1 saturated carbocycles. The van der Waals surface area contributed by atoms with Crippen LogP contribution in [0.4, 0.5) is 0 Å². The molecule has 1 aliphatic rings. The molecule has 134 valence electrons. The molecule has 8 heteroatoms. The lowest BCUT2D eigenvalue weighted by Gasteiger charge is -2.33. The summed E-state index contributed by atoms with van der Waals surface area (Å²) >= 11 is 0. The highest BCUT2D eigenvalue weighted by molar-refractivity contribution is 5.92. The minimum absolute atomic E-state index is 0.0136. The summed E-state index contributed by atoms with van der Waals surface area (Å²) in [6.45, 7) is 1.57. The zero-order valence-electron chi connectivity index (χ0n) is 14.1. The summed E-state index contributed by atoms with van der Waals surface area (Å²) in [5.41, 5.74) is 1.52. The number of aromatic nitrogens is 3. The van der Waals surface area contributed by atoms with Crippen molar-refractivity contribution in [3.63, 3.8) is 0 Å². The van der Waals surface area contributed by atoms with E-state index in [0.29, 0.717) is 24.4 Å². The second-order valence-electron chi connectivity index (χ2n) is 6.44. The Bertz CT molecular complexity index is 897.